The van der Waals surface area contributed by atoms with Crippen LogP contribution < -0.4 is 5.73 Å². The zero-order valence-electron chi connectivity index (χ0n) is 16.2. The van der Waals surface area contributed by atoms with Gasteiger partial charge in [-0.1, -0.05) is 30.3 Å². The molecule has 1 aromatic heterocycles. The molecule has 1 saturated heterocycles. The molecule has 1 fully saturated rings. The van der Waals surface area contributed by atoms with Gasteiger partial charge >= 0.3 is 0 Å². The van der Waals surface area contributed by atoms with Crippen molar-refractivity contribution in [3.8, 4) is 0 Å². The zero-order chi connectivity index (χ0) is 19.9. The smallest absolute Gasteiger partial charge is 0.243 e. The molecule has 0 unspecified atom stereocenters. The van der Waals surface area contributed by atoms with Gasteiger partial charge in [0.05, 0.1) is 16.6 Å². The first-order valence-corrected chi connectivity index (χ1v) is 11.1. The molecule has 0 spiro atoms. The Morgan fingerprint density at radius 1 is 1.14 bits per heavy atom. The predicted octanol–water partition coefficient (Wildman–Crippen LogP) is 2.98. The standard InChI is InChI=1S/C21H26N4O2S/c1-15(2)25-21-9-8-19(10-17(21)12-23-25)28(26,27)24-13-18(11-22)20(14-24)16-6-4-3-5-7-16/h3-10,12,15,18,20H,11,13-14,22H2,1-2H3/t18-,20+/m1/s1. The number of rotatable bonds is 5. The van der Waals surface area contributed by atoms with Crippen LogP contribution >= 0.6 is 0 Å². The molecule has 3 aromatic rings. The van der Waals surface area contributed by atoms with Gasteiger partial charge in [-0.15, -0.1) is 0 Å². The van der Waals surface area contributed by atoms with Gasteiger partial charge in [-0.3, -0.25) is 4.68 Å². The predicted molar refractivity (Wildman–Crippen MR) is 111 cm³/mol. The summed E-state index contributed by atoms with van der Waals surface area (Å²) < 4.78 is 30.1. The lowest BCUT2D eigenvalue weighted by Crippen LogP contribution is -2.30. The second-order valence-corrected chi connectivity index (χ2v) is 9.68. The van der Waals surface area contributed by atoms with Gasteiger partial charge in [0.2, 0.25) is 10.0 Å². The molecule has 1 aliphatic heterocycles. The number of nitrogens with two attached hydrogens (primary N) is 1. The van der Waals surface area contributed by atoms with E-state index >= 15 is 0 Å². The maximum atomic E-state index is 13.3. The second kappa shape index (κ2) is 7.31. The molecule has 2 N–H and O–H groups in total. The summed E-state index contributed by atoms with van der Waals surface area (Å²) in [5, 5.41) is 5.22. The van der Waals surface area contributed by atoms with E-state index in [4.69, 9.17) is 5.73 Å². The Morgan fingerprint density at radius 3 is 2.57 bits per heavy atom. The van der Waals surface area contributed by atoms with E-state index in [1.54, 1.807) is 22.6 Å². The van der Waals surface area contributed by atoms with E-state index in [0.29, 0.717) is 24.5 Å². The van der Waals surface area contributed by atoms with E-state index in [2.05, 4.69) is 31.1 Å². The Hall–Kier alpha value is -2.22. The van der Waals surface area contributed by atoms with Crippen LogP contribution in [0.15, 0.2) is 59.6 Å². The highest BCUT2D eigenvalue weighted by Gasteiger charge is 2.39. The molecule has 2 aromatic carbocycles. The fourth-order valence-corrected chi connectivity index (χ4v) is 5.66. The van der Waals surface area contributed by atoms with Crippen LogP contribution in [0.1, 0.15) is 31.4 Å². The van der Waals surface area contributed by atoms with Crippen molar-refractivity contribution in [1.82, 2.24) is 14.1 Å². The maximum absolute atomic E-state index is 13.3. The molecule has 2 heterocycles. The van der Waals surface area contributed by atoms with Crippen LogP contribution in [-0.4, -0.2) is 42.1 Å². The molecule has 2 atom stereocenters. The number of benzene rings is 2. The van der Waals surface area contributed by atoms with Gasteiger partial charge in [-0.2, -0.15) is 9.40 Å². The van der Waals surface area contributed by atoms with Gasteiger partial charge < -0.3 is 5.73 Å². The fourth-order valence-electron chi connectivity index (χ4n) is 4.10. The lowest BCUT2D eigenvalue weighted by atomic mass is 9.89. The summed E-state index contributed by atoms with van der Waals surface area (Å²) in [5.41, 5.74) is 8.06. The highest BCUT2D eigenvalue weighted by Crippen LogP contribution is 2.35. The van der Waals surface area contributed by atoms with Crippen molar-refractivity contribution < 1.29 is 8.42 Å². The first kappa shape index (κ1) is 19.1. The SMILES string of the molecule is CC(C)n1ncc2cc(S(=O)(=O)N3C[C@@H](CN)[C@H](c4ccccc4)C3)ccc21. The minimum atomic E-state index is -3.58. The van der Waals surface area contributed by atoms with Crippen molar-refractivity contribution >= 4 is 20.9 Å². The van der Waals surface area contributed by atoms with Gasteiger partial charge in [0.15, 0.2) is 0 Å². The summed E-state index contributed by atoms with van der Waals surface area (Å²) in [6.45, 7) is 5.47. The Balaban J connectivity index is 1.66. The molecule has 0 aliphatic carbocycles. The van der Waals surface area contributed by atoms with Gasteiger partial charge in [0.1, 0.15) is 0 Å². The molecule has 0 amide bonds. The van der Waals surface area contributed by atoms with Crippen molar-refractivity contribution in [3.05, 3.63) is 60.3 Å². The first-order valence-electron chi connectivity index (χ1n) is 9.64. The van der Waals surface area contributed by atoms with Crippen molar-refractivity contribution in [2.24, 2.45) is 11.7 Å². The van der Waals surface area contributed by atoms with Crippen molar-refractivity contribution in [3.63, 3.8) is 0 Å². The third-order valence-corrected chi connectivity index (χ3v) is 7.46. The molecule has 7 heteroatoms. The number of hydrogen-bond donors (Lipinski definition) is 1. The molecular formula is C21H26N4O2S. The fraction of sp³-hybridized carbons (Fsp3) is 0.381. The third-order valence-electron chi connectivity index (χ3n) is 5.63. The third kappa shape index (κ3) is 3.23. The number of hydrogen-bond acceptors (Lipinski definition) is 4. The summed E-state index contributed by atoms with van der Waals surface area (Å²) >= 11 is 0. The van der Waals surface area contributed by atoms with Crippen LogP contribution in [-0.2, 0) is 10.0 Å². The summed E-state index contributed by atoms with van der Waals surface area (Å²) in [4.78, 5) is 0.313. The molecule has 6 nitrogen and oxygen atoms in total. The Labute approximate surface area is 166 Å². The summed E-state index contributed by atoms with van der Waals surface area (Å²) in [5.74, 6) is 0.234. The Morgan fingerprint density at radius 2 is 1.89 bits per heavy atom. The zero-order valence-corrected chi connectivity index (χ0v) is 17.0. The normalized spacial score (nSPS) is 21.0. The largest absolute Gasteiger partial charge is 0.330 e. The molecular weight excluding hydrogens is 372 g/mol. The minimum Gasteiger partial charge on any atom is -0.330 e. The molecule has 148 valence electrons. The molecule has 0 radical (unpaired) electrons. The maximum Gasteiger partial charge on any atom is 0.243 e. The lowest BCUT2D eigenvalue weighted by molar-refractivity contribution is 0.459. The van der Waals surface area contributed by atoms with Crippen LogP contribution in [0.5, 0.6) is 0 Å². The van der Waals surface area contributed by atoms with Crippen LogP contribution in [0.25, 0.3) is 10.9 Å². The number of nitrogens with zero attached hydrogens (tertiary/aromatic N) is 3. The van der Waals surface area contributed by atoms with E-state index in [0.717, 1.165) is 16.5 Å². The average molecular weight is 399 g/mol. The van der Waals surface area contributed by atoms with Crippen molar-refractivity contribution in [1.29, 1.82) is 0 Å². The Kier molecular flexibility index (Phi) is 4.99. The van der Waals surface area contributed by atoms with Gasteiger partial charge in [0.25, 0.3) is 0 Å². The van der Waals surface area contributed by atoms with E-state index in [1.807, 2.05) is 28.9 Å². The minimum absolute atomic E-state index is 0.115. The van der Waals surface area contributed by atoms with Crippen LogP contribution in [0.4, 0.5) is 0 Å². The quantitative estimate of drug-likeness (QED) is 0.716. The van der Waals surface area contributed by atoms with E-state index in [-0.39, 0.29) is 17.9 Å². The average Bonchev–Trinajstić information content (AvgIpc) is 3.32. The highest BCUT2D eigenvalue weighted by molar-refractivity contribution is 7.89. The molecule has 0 bridgehead atoms. The second-order valence-electron chi connectivity index (χ2n) is 7.74. The molecule has 4 rings (SSSR count). The summed E-state index contributed by atoms with van der Waals surface area (Å²) in [7, 11) is -3.58. The monoisotopic (exact) mass is 398 g/mol. The number of aromatic nitrogens is 2. The molecule has 0 saturated carbocycles. The van der Waals surface area contributed by atoms with Crippen LogP contribution in [0, 0.1) is 5.92 Å². The molecule has 28 heavy (non-hydrogen) atoms. The lowest BCUT2D eigenvalue weighted by Gasteiger charge is -2.17. The topological polar surface area (TPSA) is 81.2 Å². The molecule has 1 aliphatic rings. The van der Waals surface area contributed by atoms with Crippen LogP contribution in [0.2, 0.25) is 0 Å². The van der Waals surface area contributed by atoms with E-state index < -0.39 is 10.0 Å². The van der Waals surface area contributed by atoms with Crippen LogP contribution in [0.3, 0.4) is 0 Å². The van der Waals surface area contributed by atoms with Gasteiger partial charge in [-0.05, 0) is 50.1 Å². The number of sulfonamides is 1. The van der Waals surface area contributed by atoms with Crippen molar-refractivity contribution in [2.75, 3.05) is 19.6 Å². The Bertz CT molecular complexity index is 1080. The van der Waals surface area contributed by atoms with Gasteiger partial charge in [0, 0.05) is 30.4 Å². The number of fused-ring (bicyclic) bond motifs is 1. The summed E-state index contributed by atoms with van der Waals surface area (Å²) in [6, 6.07) is 15.5. The van der Waals surface area contributed by atoms with E-state index in [1.165, 1.54) is 0 Å². The first-order chi connectivity index (χ1) is 13.4. The summed E-state index contributed by atoms with van der Waals surface area (Å²) in [6.07, 6.45) is 1.73. The van der Waals surface area contributed by atoms with Crippen molar-refractivity contribution in [2.45, 2.75) is 30.7 Å². The van der Waals surface area contributed by atoms with E-state index in [9.17, 15) is 8.42 Å². The highest BCUT2D eigenvalue weighted by atomic mass is 32.2. The van der Waals surface area contributed by atoms with Gasteiger partial charge in [-0.25, -0.2) is 8.42 Å².